The first kappa shape index (κ1) is 23.6. The number of ether oxygens (including phenoxy) is 1. The van der Waals surface area contributed by atoms with Crippen LogP contribution in [0.5, 0.6) is 5.75 Å². The van der Waals surface area contributed by atoms with Crippen LogP contribution in [0.25, 0.3) is 11.1 Å². The summed E-state index contributed by atoms with van der Waals surface area (Å²) in [4.78, 5) is 2.20. The van der Waals surface area contributed by atoms with Gasteiger partial charge in [0.05, 0.1) is 6.61 Å². The molecule has 34 heavy (non-hydrogen) atoms. The van der Waals surface area contributed by atoms with Gasteiger partial charge in [-0.1, -0.05) is 55.5 Å². The zero-order chi connectivity index (χ0) is 23.8. The fraction of sp³-hybridized carbons (Fsp3) is 0.200. The van der Waals surface area contributed by atoms with Gasteiger partial charge in [0.2, 0.25) is 0 Å². The number of nitrogens with zero attached hydrogens (tertiary/aromatic N) is 1. The minimum absolute atomic E-state index is 0.0123. The molecule has 0 aromatic heterocycles. The molecule has 0 spiro atoms. The molecule has 0 radical (unpaired) electrons. The minimum Gasteiger partial charge on any atom is -0.491 e. The summed E-state index contributed by atoms with van der Waals surface area (Å²) in [6, 6.07) is 33.5. The van der Waals surface area contributed by atoms with Gasteiger partial charge in [0, 0.05) is 23.7 Å². The van der Waals surface area contributed by atoms with E-state index in [1.807, 2.05) is 24.3 Å². The van der Waals surface area contributed by atoms with Crippen molar-refractivity contribution >= 4 is 17.1 Å². The molecule has 0 fully saturated rings. The molecule has 4 nitrogen and oxygen atoms in total. The van der Waals surface area contributed by atoms with Crippen molar-refractivity contribution in [3.63, 3.8) is 0 Å². The van der Waals surface area contributed by atoms with Gasteiger partial charge < -0.3 is 19.8 Å². The maximum atomic E-state index is 9.25. The predicted molar refractivity (Wildman–Crippen MR) is 139 cm³/mol. The number of rotatable bonds is 10. The van der Waals surface area contributed by atoms with Crippen molar-refractivity contribution in [1.29, 1.82) is 0 Å². The lowest BCUT2D eigenvalue weighted by molar-refractivity contribution is 0.201. The molecule has 0 bridgehead atoms. The Morgan fingerprint density at radius 3 is 1.56 bits per heavy atom. The first-order chi connectivity index (χ1) is 16.7. The van der Waals surface area contributed by atoms with Crippen LogP contribution in [0.15, 0.2) is 97.1 Å². The third-order valence-electron chi connectivity index (χ3n) is 5.87. The maximum Gasteiger partial charge on any atom is 0.119 e. The number of aliphatic hydroxyl groups excluding tert-OH is 2. The van der Waals surface area contributed by atoms with Gasteiger partial charge >= 0.3 is 0 Å². The number of anilines is 3. The van der Waals surface area contributed by atoms with Gasteiger partial charge in [-0.25, -0.2) is 0 Å². The van der Waals surface area contributed by atoms with Crippen molar-refractivity contribution in [1.82, 2.24) is 0 Å². The number of hydrogen-bond donors (Lipinski definition) is 2. The largest absolute Gasteiger partial charge is 0.491 e. The molecule has 0 aliphatic carbocycles. The lowest BCUT2D eigenvalue weighted by atomic mass is 10.0. The van der Waals surface area contributed by atoms with Gasteiger partial charge in [-0.15, -0.1) is 0 Å². The Bertz CT molecular complexity index is 1150. The summed E-state index contributed by atoms with van der Waals surface area (Å²) < 4.78 is 5.53. The number of aliphatic hydroxyl groups is 2. The lowest BCUT2D eigenvalue weighted by Crippen LogP contribution is -2.10. The molecule has 0 unspecified atom stereocenters. The Kier molecular flexibility index (Phi) is 7.97. The number of hydrogen-bond acceptors (Lipinski definition) is 4. The summed E-state index contributed by atoms with van der Waals surface area (Å²) in [5, 5.41) is 18.3. The Morgan fingerprint density at radius 2 is 1.06 bits per heavy atom. The van der Waals surface area contributed by atoms with E-state index in [1.165, 1.54) is 16.7 Å². The van der Waals surface area contributed by atoms with Crippen LogP contribution < -0.4 is 9.64 Å². The average molecular weight is 454 g/mol. The van der Waals surface area contributed by atoms with Crippen LogP contribution in [0.3, 0.4) is 0 Å². The number of aryl methyl sites for hydroxylation is 1. The second kappa shape index (κ2) is 11.5. The van der Waals surface area contributed by atoms with Gasteiger partial charge in [-0.3, -0.25) is 0 Å². The lowest BCUT2D eigenvalue weighted by Gasteiger charge is -2.26. The van der Waals surface area contributed by atoms with E-state index in [0.29, 0.717) is 6.42 Å². The summed E-state index contributed by atoms with van der Waals surface area (Å²) in [6.45, 7) is 2.57. The second-order valence-corrected chi connectivity index (χ2v) is 8.14. The highest BCUT2D eigenvalue weighted by atomic mass is 16.5. The predicted octanol–water partition coefficient (Wildman–Crippen LogP) is 6.29. The second-order valence-electron chi connectivity index (χ2n) is 8.14. The van der Waals surface area contributed by atoms with Crippen molar-refractivity contribution in [3.05, 3.63) is 108 Å². The van der Waals surface area contributed by atoms with E-state index in [1.54, 1.807) is 0 Å². The van der Waals surface area contributed by atoms with Crippen LogP contribution in [0.1, 0.15) is 18.1 Å². The first-order valence-corrected chi connectivity index (χ1v) is 11.7. The van der Waals surface area contributed by atoms with Gasteiger partial charge in [0.15, 0.2) is 0 Å². The van der Waals surface area contributed by atoms with E-state index < -0.39 is 0 Å². The SMILES string of the molecule is CCc1ccc(-c2ccc(N(c3ccc(CCO)cc3)c3ccc(OCCO)cc3)cc2)cc1. The van der Waals surface area contributed by atoms with E-state index in [4.69, 9.17) is 9.84 Å². The molecular formula is C30H31NO3. The molecule has 4 aromatic carbocycles. The molecule has 4 rings (SSSR count). The van der Waals surface area contributed by atoms with E-state index >= 15 is 0 Å². The van der Waals surface area contributed by atoms with Crippen LogP contribution in [0.4, 0.5) is 17.1 Å². The molecule has 4 aromatic rings. The molecule has 0 saturated heterocycles. The highest BCUT2D eigenvalue weighted by Gasteiger charge is 2.13. The van der Waals surface area contributed by atoms with Crippen LogP contribution in [0, 0.1) is 0 Å². The highest BCUT2D eigenvalue weighted by molar-refractivity contribution is 5.78. The Hall–Kier alpha value is -3.60. The molecule has 4 heteroatoms. The quantitative estimate of drug-likeness (QED) is 0.296. The zero-order valence-corrected chi connectivity index (χ0v) is 19.5. The molecule has 0 aliphatic rings. The van der Waals surface area contributed by atoms with E-state index in [0.717, 1.165) is 34.8 Å². The van der Waals surface area contributed by atoms with Crippen LogP contribution in [-0.4, -0.2) is 30.0 Å². The molecule has 2 N–H and O–H groups in total. The van der Waals surface area contributed by atoms with Gasteiger partial charge in [0.25, 0.3) is 0 Å². The zero-order valence-electron chi connectivity index (χ0n) is 19.5. The van der Waals surface area contributed by atoms with Crippen LogP contribution >= 0.6 is 0 Å². The normalized spacial score (nSPS) is 10.8. The average Bonchev–Trinajstić information content (AvgIpc) is 2.90. The summed E-state index contributed by atoms with van der Waals surface area (Å²) in [7, 11) is 0. The third-order valence-corrected chi connectivity index (χ3v) is 5.87. The highest BCUT2D eigenvalue weighted by Crippen LogP contribution is 2.36. The Morgan fingerprint density at radius 1 is 0.588 bits per heavy atom. The van der Waals surface area contributed by atoms with Gasteiger partial charge in [-0.2, -0.15) is 0 Å². The maximum absolute atomic E-state index is 9.25. The van der Waals surface area contributed by atoms with Gasteiger partial charge in [0.1, 0.15) is 12.4 Å². The van der Waals surface area contributed by atoms with Crippen LogP contribution in [-0.2, 0) is 12.8 Å². The first-order valence-electron chi connectivity index (χ1n) is 11.7. The number of benzene rings is 4. The Labute approximate surface area is 201 Å². The smallest absolute Gasteiger partial charge is 0.119 e. The molecular weight excluding hydrogens is 422 g/mol. The van der Waals surface area contributed by atoms with E-state index in [-0.39, 0.29) is 19.8 Å². The fourth-order valence-corrected chi connectivity index (χ4v) is 3.98. The Balaban J connectivity index is 1.67. The summed E-state index contributed by atoms with van der Waals surface area (Å²) in [5.41, 5.74) is 7.91. The molecule has 174 valence electrons. The monoisotopic (exact) mass is 453 g/mol. The standard InChI is InChI=1S/C30H31NO3/c1-2-23-3-7-25(8-4-23)26-9-13-28(14-10-26)31(27-11-5-24(6-12-27)19-20-32)29-15-17-30(18-16-29)34-22-21-33/h3-18,32-33H,2,19-22H2,1H3. The minimum atomic E-state index is -0.0123. The molecule has 0 aliphatic heterocycles. The fourth-order valence-electron chi connectivity index (χ4n) is 3.98. The van der Waals surface area contributed by atoms with Crippen LogP contribution in [0.2, 0.25) is 0 Å². The molecule has 0 saturated carbocycles. The van der Waals surface area contributed by atoms with Crippen molar-refractivity contribution in [2.75, 3.05) is 24.7 Å². The topological polar surface area (TPSA) is 52.9 Å². The van der Waals surface area contributed by atoms with Crippen molar-refractivity contribution in [3.8, 4) is 16.9 Å². The van der Waals surface area contributed by atoms with E-state index in [2.05, 4.69) is 84.6 Å². The van der Waals surface area contributed by atoms with Crippen molar-refractivity contribution in [2.45, 2.75) is 19.8 Å². The molecule has 0 atom stereocenters. The molecule has 0 heterocycles. The molecule has 0 amide bonds. The third kappa shape index (κ3) is 5.66. The van der Waals surface area contributed by atoms with Crippen molar-refractivity contribution < 1.29 is 14.9 Å². The van der Waals surface area contributed by atoms with E-state index in [9.17, 15) is 5.11 Å². The summed E-state index contributed by atoms with van der Waals surface area (Å²) >= 11 is 0. The van der Waals surface area contributed by atoms with Crippen molar-refractivity contribution in [2.24, 2.45) is 0 Å². The summed E-state index contributed by atoms with van der Waals surface area (Å²) in [6.07, 6.45) is 1.68. The summed E-state index contributed by atoms with van der Waals surface area (Å²) in [5.74, 6) is 0.724. The van der Waals surface area contributed by atoms with Gasteiger partial charge in [-0.05, 0) is 83.6 Å².